The number of carbonyl (C=O) groups excluding carboxylic acids is 2. The van der Waals surface area contributed by atoms with Gasteiger partial charge in [-0.05, 0) is 80.1 Å². The van der Waals surface area contributed by atoms with Crippen LogP contribution in [0, 0.1) is 11.6 Å². The van der Waals surface area contributed by atoms with E-state index in [1.54, 1.807) is 36.4 Å². The summed E-state index contributed by atoms with van der Waals surface area (Å²) in [6.45, 7) is 5.98. The van der Waals surface area contributed by atoms with Gasteiger partial charge in [0.1, 0.15) is 17.4 Å². The molecule has 1 aliphatic heterocycles. The highest BCUT2D eigenvalue weighted by molar-refractivity contribution is 6.09. The Labute approximate surface area is 203 Å². The standard InChI is InChI=1S/C28H28F2N2O3/c1-19-16-32(20(2)15-31(19)17-21-3-9-24(29)10-4-21)27(33)18-35-26-13-7-23(8-14-26)28(34)22-5-11-25(30)12-6-22/h3-14,19-20H,15-18H2,1-2H3/t19-,20+/m0/s1. The highest BCUT2D eigenvalue weighted by atomic mass is 19.1. The van der Waals surface area contributed by atoms with Gasteiger partial charge in [0.25, 0.3) is 5.91 Å². The highest BCUT2D eigenvalue weighted by Crippen LogP contribution is 2.20. The Balaban J connectivity index is 1.30. The topological polar surface area (TPSA) is 49.9 Å². The normalized spacial score (nSPS) is 18.3. The molecule has 3 aromatic rings. The minimum absolute atomic E-state index is 0.0125. The first kappa shape index (κ1) is 24.5. The minimum atomic E-state index is -0.395. The molecule has 1 heterocycles. The van der Waals surface area contributed by atoms with Gasteiger partial charge in [0.15, 0.2) is 12.4 Å². The largest absolute Gasteiger partial charge is 0.484 e. The van der Waals surface area contributed by atoms with Gasteiger partial charge in [-0.15, -0.1) is 0 Å². The smallest absolute Gasteiger partial charge is 0.260 e. The maximum absolute atomic E-state index is 13.2. The molecule has 3 aromatic carbocycles. The van der Waals surface area contributed by atoms with E-state index in [-0.39, 0.29) is 36.2 Å². The number of hydrogen-bond donors (Lipinski definition) is 0. The quantitative estimate of drug-likeness (QED) is 0.462. The molecule has 0 aliphatic carbocycles. The molecule has 1 fully saturated rings. The number of piperazine rings is 1. The van der Waals surface area contributed by atoms with Gasteiger partial charge < -0.3 is 9.64 Å². The second kappa shape index (κ2) is 10.8. The number of rotatable bonds is 7. The molecule has 182 valence electrons. The molecule has 1 aliphatic rings. The summed E-state index contributed by atoms with van der Waals surface area (Å²) in [5.74, 6) is -0.469. The first-order valence-electron chi connectivity index (χ1n) is 11.6. The second-order valence-electron chi connectivity index (χ2n) is 8.95. The van der Waals surface area contributed by atoms with Crippen molar-refractivity contribution in [2.45, 2.75) is 32.5 Å². The number of hydrogen-bond acceptors (Lipinski definition) is 4. The zero-order chi connectivity index (χ0) is 24.9. The third-order valence-corrected chi connectivity index (χ3v) is 6.32. The third-order valence-electron chi connectivity index (χ3n) is 6.32. The molecular formula is C28H28F2N2O3. The summed E-state index contributed by atoms with van der Waals surface area (Å²) >= 11 is 0. The van der Waals surface area contributed by atoms with Crippen LogP contribution in [0.25, 0.3) is 0 Å². The molecule has 0 bridgehead atoms. The number of ketones is 1. The summed E-state index contributed by atoms with van der Waals surface area (Å²) in [5.41, 5.74) is 1.89. The fraction of sp³-hybridized carbons (Fsp3) is 0.286. The van der Waals surface area contributed by atoms with Gasteiger partial charge in [-0.1, -0.05) is 12.1 Å². The van der Waals surface area contributed by atoms with Gasteiger partial charge in [0.2, 0.25) is 0 Å². The van der Waals surface area contributed by atoms with Gasteiger partial charge in [-0.25, -0.2) is 8.78 Å². The van der Waals surface area contributed by atoms with Crippen LogP contribution in [0.4, 0.5) is 8.78 Å². The summed E-state index contributed by atoms with van der Waals surface area (Å²) in [6, 6.07) is 18.6. The number of ether oxygens (including phenoxy) is 1. The molecule has 0 unspecified atom stereocenters. The van der Waals surface area contributed by atoms with Gasteiger partial charge in [-0.2, -0.15) is 0 Å². The molecule has 0 radical (unpaired) electrons. The molecule has 1 amide bonds. The zero-order valence-corrected chi connectivity index (χ0v) is 19.8. The maximum atomic E-state index is 13.2. The van der Waals surface area contributed by atoms with Crippen LogP contribution in [-0.2, 0) is 11.3 Å². The van der Waals surface area contributed by atoms with Crippen molar-refractivity contribution in [1.29, 1.82) is 0 Å². The molecule has 35 heavy (non-hydrogen) atoms. The van der Waals surface area contributed by atoms with Gasteiger partial charge in [0, 0.05) is 42.8 Å². The summed E-state index contributed by atoms with van der Waals surface area (Å²) in [6.07, 6.45) is 0. The number of halogens is 2. The molecule has 1 saturated heterocycles. The first-order valence-corrected chi connectivity index (χ1v) is 11.6. The lowest BCUT2D eigenvalue weighted by Gasteiger charge is -2.44. The summed E-state index contributed by atoms with van der Waals surface area (Å²) in [5, 5.41) is 0. The van der Waals surface area contributed by atoms with E-state index in [0.717, 1.165) is 5.56 Å². The van der Waals surface area contributed by atoms with Crippen LogP contribution in [0.1, 0.15) is 35.3 Å². The predicted molar refractivity (Wildman–Crippen MR) is 129 cm³/mol. The predicted octanol–water partition coefficient (Wildman–Crippen LogP) is 4.70. The van der Waals surface area contributed by atoms with Crippen molar-refractivity contribution in [2.24, 2.45) is 0 Å². The van der Waals surface area contributed by atoms with Crippen LogP contribution in [-0.4, -0.2) is 53.3 Å². The number of nitrogens with zero attached hydrogens (tertiary/aromatic N) is 2. The van der Waals surface area contributed by atoms with Gasteiger partial charge >= 0.3 is 0 Å². The summed E-state index contributed by atoms with van der Waals surface area (Å²) < 4.78 is 32.0. The van der Waals surface area contributed by atoms with Crippen molar-refractivity contribution in [3.63, 3.8) is 0 Å². The van der Waals surface area contributed by atoms with E-state index < -0.39 is 5.82 Å². The fourth-order valence-electron chi connectivity index (χ4n) is 4.29. The van der Waals surface area contributed by atoms with Gasteiger partial charge in [0.05, 0.1) is 0 Å². The molecule has 0 saturated carbocycles. The molecule has 7 heteroatoms. The maximum Gasteiger partial charge on any atom is 0.260 e. The van der Waals surface area contributed by atoms with Crippen molar-refractivity contribution in [2.75, 3.05) is 19.7 Å². The Bertz CT molecular complexity index is 1160. The average molecular weight is 479 g/mol. The van der Waals surface area contributed by atoms with E-state index >= 15 is 0 Å². The lowest BCUT2D eigenvalue weighted by Crippen LogP contribution is -2.58. The Morgan fingerprint density at radius 2 is 1.34 bits per heavy atom. The van der Waals surface area contributed by atoms with Crippen LogP contribution >= 0.6 is 0 Å². The number of carbonyl (C=O) groups is 2. The molecule has 4 rings (SSSR count). The Kier molecular flexibility index (Phi) is 7.56. The van der Waals surface area contributed by atoms with E-state index in [1.165, 1.54) is 36.4 Å². The van der Waals surface area contributed by atoms with Crippen LogP contribution in [0.3, 0.4) is 0 Å². The number of amides is 1. The Morgan fingerprint density at radius 3 is 1.94 bits per heavy atom. The van der Waals surface area contributed by atoms with Crippen molar-refractivity contribution >= 4 is 11.7 Å². The van der Waals surface area contributed by atoms with Crippen molar-refractivity contribution in [3.05, 3.63) is 101 Å². The van der Waals surface area contributed by atoms with E-state index in [0.29, 0.717) is 36.5 Å². The molecule has 5 nitrogen and oxygen atoms in total. The summed E-state index contributed by atoms with van der Waals surface area (Å²) in [7, 11) is 0. The summed E-state index contributed by atoms with van der Waals surface area (Å²) in [4.78, 5) is 29.5. The van der Waals surface area contributed by atoms with Crippen molar-refractivity contribution in [3.8, 4) is 5.75 Å². The monoisotopic (exact) mass is 478 g/mol. The molecule has 0 aromatic heterocycles. The molecular weight excluding hydrogens is 450 g/mol. The lowest BCUT2D eigenvalue weighted by atomic mass is 10.0. The lowest BCUT2D eigenvalue weighted by molar-refractivity contribution is -0.139. The molecule has 0 N–H and O–H groups in total. The fourth-order valence-corrected chi connectivity index (χ4v) is 4.29. The van der Waals surface area contributed by atoms with Crippen LogP contribution < -0.4 is 4.74 Å². The molecule has 0 spiro atoms. The van der Waals surface area contributed by atoms with E-state index in [9.17, 15) is 18.4 Å². The average Bonchev–Trinajstić information content (AvgIpc) is 2.86. The second-order valence-corrected chi connectivity index (χ2v) is 8.95. The van der Waals surface area contributed by atoms with Crippen molar-refractivity contribution in [1.82, 2.24) is 9.80 Å². The van der Waals surface area contributed by atoms with E-state index in [1.807, 2.05) is 11.8 Å². The van der Waals surface area contributed by atoms with Crippen LogP contribution in [0.15, 0.2) is 72.8 Å². The SMILES string of the molecule is C[C@@H]1CN(Cc2ccc(F)cc2)[C@@H](C)CN1C(=O)COc1ccc(C(=O)c2ccc(F)cc2)cc1. The van der Waals surface area contributed by atoms with E-state index in [2.05, 4.69) is 11.8 Å². The Morgan fingerprint density at radius 1 is 0.800 bits per heavy atom. The minimum Gasteiger partial charge on any atom is -0.484 e. The van der Waals surface area contributed by atoms with Gasteiger partial charge in [-0.3, -0.25) is 14.5 Å². The Hall–Kier alpha value is -3.58. The van der Waals surface area contributed by atoms with Crippen molar-refractivity contribution < 1.29 is 23.1 Å². The first-order chi connectivity index (χ1) is 16.8. The number of benzene rings is 3. The highest BCUT2D eigenvalue weighted by Gasteiger charge is 2.32. The van der Waals surface area contributed by atoms with Crippen LogP contribution in [0.2, 0.25) is 0 Å². The molecule has 2 atom stereocenters. The van der Waals surface area contributed by atoms with E-state index in [4.69, 9.17) is 4.74 Å². The zero-order valence-electron chi connectivity index (χ0n) is 19.8. The van der Waals surface area contributed by atoms with Crippen LogP contribution in [0.5, 0.6) is 5.75 Å². The third kappa shape index (κ3) is 6.11.